The van der Waals surface area contributed by atoms with Gasteiger partial charge in [0, 0.05) is 5.56 Å². The molecule has 1 aromatic rings. The van der Waals surface area contributed by atoms with Crippen molar-refractivity contribution in [3.8, 4) is 5.75 Å². The van der Waals surface area contributed by atoms with Crippen molar-refractivity contribution < 1.29 is 14.6 Å². The molecule has 1 saturated carbocycles. The topological polar surface area (TPSA) is 46.5 Å². The van der Waals surface area contributed by atoms with Crippen molar-refractivity contribution in [1.29, 1.82) is 0 Å². The molecule has 19 heavy (non-hydrogen) atoms. The number of aryl methyl sites for hydroxylation is 2. The van der Waals surface area contributed by atoms with Gasteiger partial charge < -0.3 is 9.84 Å². The Morgan fingerprint density at radius 3 is 2.37 bits per heavy atom. The zero-order valence-electron chi connectivity index (χ0n) is 12.0. The minimum absolute atomic E-state index is 0.129. The number of rotatable bonds is 3. The molecule has 1 aliphatic rings. The lowest BCUT2D eigenvalue weighted by Crippen LogP contribution is -2.40. The Morgan fingerprint density at radius 1 is 1.16 bits per heavy atom. The van der Waals surface area contributed by atoms with Gasteiger partial charge in [0.1, 0.15) is 11.4 Å². The van der Waals surface area contributed by atoms with E-state index in [0.29, 0.717) is 18.4 Å². The average Bonchev–Trinajstić information content (AvgIpc) is 2.41. The SMILES string of the molecule is COc1cc(C)c(C(=O)C2(O)CCCCC2)cc1C. The van der Waals surface area contributed by atoms with Gasteiger partial charge in [0.15, 0.2) is 5.78 Å². The summed E-state index contributed by atoms with van der Waals surface area (Å²) in [6, 6.07) is 3.71. The van der Waals surface area contributed by atoms with Crippen LogP contribution in [0.25, 0.3) is 0 Å². The molecule has 0 amide bonds. The number of Topliss-reactive ketones (excluding diaryl/α,β-unsaturated/α-hetero) is 1. The molecule has 0 unspecified atom stereocenters. The molecule has 3 nitrogen and oxygen atoms in total. The van der Waals surface area contributed by atoms with Gasteiger partial charge in [-0.15, -0.1) is 0 Å². The highest BCUT2D eigenvalue weighted by Crippen LogP contribution is 2.33. The lowest BCUT2D eigenvalue weighted by molar-refractivity contribution is 0.0115. The van der Waals surface area contributed by atoms with Crippen molar-refractivity contribution in [2.45, 2.75) is 51.6 Å². The third-order valence-electron chi connectivity index (χ3n) is 4.09. The molecule has 0 atom stereocenters. The summed E-state index contributed by atoms with van der Waals surface area (Å²) in [5, 5.41) is 10.6. The second-order valence-corrected chi connectivity index (χ2v) is 5.56. The van der Waals surface area contributed by atoms with Gasteiger partial charge >= 0.3 is 0 Å². The fraction of sp³-hybridized carbons (Fsp3) is 0.562. The third-order valence-corrected chi connectivity index (χ3v) is 4.09. The van der Waals surface area contributed by atoms with Crippen LogP contribution in [0.5, 0.6) is 5.75 Å². The molecule has 3 heteroatoms. The second kappa shape index (κ2) is 5.33. The summed E-state index contributed by atoms with van der Waals surface area (Å²) in [6.07, 6.45) is 4.12. The molecule has 104 valence electrons. The van der Waals surface area contributed by atoms with Crippen LogP contribution in [0.3, 0.4) is 0 Å². The molecule has 1 aromatic carbocycles. The van der Waals surface area contributed by atoms with E-state index in [-0.39, 0.29) is 5.78 Å². The van der Waals surface area contributed by atoms with Crippen LogP contribution in [0.2, 0.25) is 0 Å². The van der Waals surface area contributed by atoms with Gasteiger partial charge in [-0.25, -0.2) is 0 Å². The van der Waals surface area contributed by atoms with Crippen LogP contribution in [0.15, 0.2) is 12.1 Å². The monoisotopic (exact) mass is 262 g/mol. The number of carbonyl (C=O) groups excluding carboxylic acids is 1. The number of ketones is 1. The van der Waals surface area contributed by atoms with E-state index < -0.39 is 5.60 Å². The number of ether oxygens (including phenoxy) is 1. The molecule has 0 aliphatic heterocycles. The lowest BCUT2D eigenvalue weighted by atomic mass is 9.78. The summed E-state index contributed by atoms with van der Waals surface area (Å²) < 4.78 is 5.26. The Labute approximate surface area is 114 Å². The fourth-order valence-electron chi connectivity index (χ4n) is 2.87. The second-order valence-electron chi connectivity index (χ2n) is 5.56. The molecule has 0 saturated heterocycles. The van der Waals surface area contributed by atoms with Crippen molar-refractivity contribution in [3.63, 3.8) is 0 Å². The molecular formula is C16H22O3. The molecule has 0 spiro atoms. The number of carbonyl (C=O) groups is 1. The fourth-order valence-corrected chi connectivity index (χ4v) is 2.87. The maximum Gasteiger partial charge on any atom is 0.194 e. The van der Waals surface area contributed by atoms with E-state index in [1.807, 2.05) is 26.0 Å². The zero-order valence-corrected chi connectivity index (χ0v) is 12.0. The standard InChI is InChI=1S/C16H22O3/c1-11-10-14(19-3)12(2)9-13(11)15(17)16(18)7-5-4-6-8-16/h9-10,18H,4-8H2,1-3H3. The Balaban J connectivity index is 2.36. The average molecular weight is 262 g/mol. The number of hydrogen-bond acceptors (Lipinski definition) is 3. The summed E-state index contributed by atoms with van der Waals surface area (Å²) in [5.41, 5.74) is 1.26. The van der Waals surface area contributed by atoms with E-state index in [0.717, 1.165) is 36.1 Å². The van der Waals surface area contributed by atoms with Crippen molar-refractivity contribution in [1.82, 2.24) is 0 Å². The quantitative estimate of drug-likeness (QED) is 0.851. The zero-order chi connectivity index (χ0) is 14.0. The van der Waals surface area contributed by atoms with E-state index in [1.165, 1.54) is 0 Å². The predicted molar refractivity (Wildman–Crippen MR) is 74.8 cm³/mol. The highest BCUT2D eigenvalue weighted by atomic mass is 16.5. The van der Waals surface area contributed by atoms with Crippen molar-refractivity contribution in [2.24, 2.45) is 0 Å². The molecule has 1 N–H and O–H groups in total. The molecule has 0 radical (unpaired) electrons. The van der Waals surface area contributed by atoms with Gasteiger partial charge in [0.2, 0.25) is 0 Å². The Hall–Kier alpha value is -1.35. The molecule has 0 aromatic heterocycles. The lowest BCUT2D eigenvalue weighted by Gasteiger charge is -2.31. The summed E-state index contributed by atoms with van der Waals surface area (Å²) in [4.78, 5) is 12.6. The summed E-state index contributed by atoms with van der Waals surface area (Å²) in [5.74, 6) is 0.653. The maximum atomic E-state index is 12.6. The van der Waals surface area contributed by atoms with Crippen LogP contribution in [-0.4, -0.2) is 23.6 Å². The molecular weight excluding hydrogens is 240 g/mol. The van der Waals surface area contributed by atoms with Crippen molar-refractivity contribution in [2.75, 3.05) is 7.11 Å². The maximum absolute atomic E-state index is 12.6. The Morgan fingerprint density at radius 2 is 1.79 bits per heavy atom. The predicted octanol–water partition coefficient (Wildman–Crippen LogP) is 3.19. The first-order valence-corrected chi connectivity index (χ1v) is 6.90. The van der Waals surface area contributed by atoms with Crippen LogP contribution in [-0.2, 0) is 0 Å². The van der Waals surface area contributed by atoms with E-state index >= 15 is 0 Å². The van der Waals surface area contributed by atoms with E-state index in [1.54, 1.807) is 7.11 Å². The summed E-state index contributed by atoms with van der Waals surface area (Å²) in [7, 11) is 1.62. The van der Waals surface area contributed by atoms with Crippen LogP contribution >= 0.6 is 0 Å². The molecule has 1 fully saturated rings. The minimum Gasteiger partial charge on any atom is -0.496 e. The van der Waals surface area contributed by atoms with Crippen molar-refractivity contribution >= 4 is 5.78 Å². The summed E-state index contributed by atoms with van der Waals surface area (Å²) in [6.45, 7) is 3.81. The van der Waals surface area contributed by atoms with Gasteiger partial charge in [0.25, 0.3) is 0 Å². The largest absolute Gasteiger partial charge is 0.496 e. The molecule has 1 aliphatic carbocycles. The highest BCUT2D eigenvalue weighted by Gasteiger charge is 2.38. The molecule has 2 rings (SSSR count). The van der Waals surface area contributed by atoms with Gasteiger partial charge in [0.05, 0.1) is 7.11 Å². The Bertz CT molecular complexity index is 485. The highest BCUT2D eigenvalue weighted by molar-refractivity contribution is 6.03. The third kappa shape index (κ3) is 2.66. The first kappa shape index (κ1) is 14.1. The first-order valence-electron chi connectivity index (χ1n) is 6.90. The smallest absolute Gasteiger partial charge is 0.194 e. The van der Waals surface area contributed by atoms with Crippen LogP contribution in [0.4, 0.5) is 0 Å². The minimum atomic E-state index is -1.16. The van der Waals surface area contributed by atoms with Gasteiger partial charge in [-0.3, -0.25) is 4.79 Å². The molecule has 0 heterocycles. The van der Waals surface area contributed by atoms with E-state index in [2.05, 4.69) is 0 Å². The van der Waals surface area contributed by atoms with Crippen LogP contribution in [0, 0.1) is 13.8 Å². The number of aliphatic hydroxyl groups is 1. The van der Waals surface area contributed by atoms with Gasteiger partial charge in [-0.05, 0) is 49.9 Å². The summed E-state index contributed by atoms with van der Waals surface area (Å²) >= 11 is 0. The Kier molecular flexibility index (Phi) is 3.95. The first-order chi connectivity index (χ1) is 8.98. The van der Waals surface area contributed by atoms with E-state index in [9.17, 15) is 9.90 Å². The number of benzene rings is 1. The van der Waals surface area contributed by atoms with Gasteiger partial charge in [-0.1, -0.05) is 19.3 Å². The number of methoxy groups -OCH3 is 1. The van der Waals surface area contributed by atoms with Crippen LogP contribution in [0.1, 0.15) is 53.6 Å². The van der Waals surface area contributed by atoms with Crippen molar-refractivity contribution in [3.05, 3.63) is 28.8 Å². The van der Waals surface area contributed by atoms with Gasteiger partial charge in [-0.2, -0.15) is 0 Å². The number of hydrogen-bond donors (Lipinski definition) is 1. The molecule has 0 bridgehead atoms. The normalized spacial score (nSPS) is 18.1. The van der Waals surface area contributed by atoms with E-state index in [4.69, 9.17) is 4.74 Å². The van der Waals surface area contributed by atoms with Crippen LogP contribution < -0.4 is 4.74 Å².